The Morgan fingerprint density at radius 1 is 1.52 bits per heavy atom. The van der Waals surface area contributed by atoms with Crippen LogP contribution >= 0.6 is 0 Å². The Bertz CT molecular complexity index is 459. The van der Waals surface area contributed by atoms with Crippen LogP contribution in [-0.2, 0) is 4.74 Å². The highest BCUT2D eigenvalue weighted by molar-refractivity contribution is 5.74. The van der Waals surface area contributed by atoms with Crippen LogP contribution in [0, 0.1) is 6.92 Å². The molecule has 0 aliphatic carbocycles. The van der Waals surface area contributed by atoms with Gasteiger partial charge in [-0.1, -0.05) is 12.1 Å². The summed E-state index contributed by atoms with van der Waals surface area (Å²) in [4.78, 5) is 11.7. The van der Waals surface area contributed by atoms with Gasteiger partial charge in [0.1, 0.15) is 12.4 Å². The van der Waals surface area contributed by atoms with E-state index in [0.29, 0.717) is 13.2 Å². The van der Waals surface area contributed by atoms with E-state index >= 15 is 0 Å². The van der Waals surface area contributed by atoms with E-state index in [-0.39, 0.29) is 18.2 Å². The molecule has 0 aromatic heterocycles. The first-order chi connectivity index (χ1) is 10.1. The van der Waals surface area contributed by atoms with Gasteiger partial charge in [-0.2, -0.15) is 0 Å². The summed E-state index contributed by atoms with van der Waals surface area (Å²) >= 11 is 0. The summed E-state index contributed by atoms with van der Waals surface area (Å²) in [6, 6.07) is 7.71. The van der Waals surface area contributed by atoms with Crippen LogP contribution in [-0.4, -0.2) is 37.9 Å². The Morgan fingerprint density at radius 3 is 3.10 bits per heavy atom. The van der Waals surface area contributed by atoms with Crippen molar-refractivity contribution in [2.45, 2.75) is 38.8 Å². The van der Waals surface area contributed by atoms with Crippen LogP contribution in [0.5, 0.6) is 5.75 Å². The molecular formula is C16H24N2O3. The van der Waals surface area contributed by atoms with Gasteiger partial charge in [-0.25, -0.2) is 4.79 Å². The van der Waals surface area contributed by atoms with Gasteiger partial charge in [0.2, 0.25) is 0 Å². The normalized spacial score (nSPS) is 19.0. The number of carbonyl (C=O) groups excluding carboxylic acids is 1. The van der Waals surface area contributed by atoms with Crippen LogP contribution in [0.2, 0.25) is 0 Å². The molecule has 2 rings (SSSR count). The third-order valence-electron chi connectivity index (χ3n) is 3.53. The molecule has 1 fully saturated rings. The third-order valence-corrected chi connectivity index (χ3v) is 3.53. The largest absolute Gasteiger partial charge is 0.492 e. The predicted molar refractivity (Wildman–Crippen MR) is 81.6 cm³/mol. The number of aryl methyl sites for hydroxylation is 1. The summed E-state index contributed by atoms with van der Waals surface area (Å²) in [6.07, 6.45) is 2.22. The van der Waals surface area contributed by atoms with Crippen LogP contribution in [0.25, 0.3) is 0 Å². The van der Waals surface area contributed by atoms with Crippen LogP contribution < -0.4 is 15.4 Å². The van der Waals surface area contributed by atoms with Crippen molar-refractivity contribution in [3.05, 3.63) is 29.8 Å². The summed E-state index contributed by atoms with van der Waals surface area (Å²) in [7, 11) is 0. The number of rotatable bonds is 6. The van der Waals surface area contributed by atoms with Gasteiger partial charge in [-0.3, -0.25) is 0 Å². The number of urea groups is 1. The minimum absolute atomic E-state index is 0.0326. The first-order valence-corrected chi connectivity index (χ1v) is 7.50. The minimum Gasteiger partial charge on any atom is -0.492 e. The lowest BCUT2D eigenvalue weighted by Gasteiger charge is -2.20. The zero-order valence-electron chi connectivity index (χ0n) is 12.7. The zero-order chi connectivity index (χ0) is 15.1. The second-order valence-corrected chi connectivity index (χ2v) is 5.41. The molecule has 1 aromatic rings. The Labute approximate surface area is 126 Å². The smallest absolute Gasteiger partial charge is 0.315 e. The molecule has 1 aromatic carbocycles. The number of benzene rings is 1. The van der Waals surface area contributed by atoms with Crippen molar-refractivity contribution < 1.29 is 14.3 Å². The molecule has 2 unspecified atom stereocenters. The maximum absolute atomic E-state index is 11.7. The average molecular weight is 292 g/mol. The SMILES string of the molecule is Cc1cccc(OCCNC(=O)NC(C)C2CCCO2)c1. The molecule has 2 N–H and O–H groups in total. The predicted octanol–water partition coefficient (Wildman–Crippen LogP) is 2.24. The summed E-state index contributed by atoms with van der Waals surface area (Å²) in [5.41, 5.74) is 1.16. The molecule has 1 aliphatic rings. The maximum Gasteiger partial charge on any atom is 0.315 e. The number of ether oxygens (including phenoxy) is 2. The molecule has 5 nitrogen and oxygen atoms in total. The Morgan fingerprint density at radius 2 is 2.38 bits per heavy atom. The molecule has 0 bridgehead atoms. The summed E-state index contributed by atoms with van der Waals surface area (Å²) < 4.78 is 11.1. The van der Waals surface area contributed by atoms with E-state index in [1.165, 1.54) is 0 Å². The van der Waals surface area contributed by atoms with E-state index in [1.807, 2.05) is 38.1 Å². The molecule has 116 valence electrons. The molecule has 5 heteroatoms. The number of amides is 2. The van der Waals surface area contributed by atoms with E-state index in [0.717, 1.165) is 30.8 Å². The first kappa shape index (κ1) is 15.6. The Hall–Kier alpha value is -1.75. The van der Waals surface area contributed by atoms with Gasteiger partial charge < -0.3 is 20.1 Å². The van der Waals surface area contributed by atoms with Crippen molar-refractivity contribution in [2.75, 3.05) is 19.8 Å². The zero-order valence-corrected chi connectivity index (χ0v) is 12.7. The highest BCUT2D eigenvalue weighted by Gasteiger charge is 2.23. The Kier molecular flexibility index (Phi) is 5.87. The fraction of sp³-hybridized carbons (Fsp3) is 0.562. The molecule has 1 saturated heterocycles. The molecule has 0 spiro atoms. The van der Waals surface area contributed by atoms with Gasteiger partial charge in [0.25, 0.3) is 0 Å². The second kappa shape index (κ2) is 7.88. The first-order valence-electron chi connectivity index (χ1n) is 7.50. The van der Waals surface area contributed by atoms with Crippen LogP contribution in [0.3, 0.4) is 0 Å². The lowest BCUT2D eigenvalue weighted by atomic mass is 10.1. The van der Waals surface area contributed by atoms with Gasteiger partial charge in [-0.05, 0) is 44.4 Å². The molecular weight excluding hydrogens is 268 g/mol. The highest BCUT2D eigenvalue weighted by atomic mass is 16.5. The summed E-state index contributed by atoms with van der Waals surface area (Å²) in [5, 5.41) is 5.69. The van der Waals surface area contributed by atoms with Gasteiger partial charge in [0.15, 0.2) is 0 Å². The molecule has 0 radical (unpaired) electrons. The second-order valence-electron chi connectivity index (χ2n) is 5.41. The average Bonchev–Trinajstić information content (AvgIpc) is 2.98. The monoisotopic (exact) mass is 292 g/mol. The number of hydrogen-bond acceptors (Lipinski definition) is 3. The van der Waals surface area contributed by atoms with E-state index in [2.05, 4.69) is 10.6 Å². The number of carbonyl (C=O) groups is 1. The Balaban J connectivity index is 1.60. The van der Waals surface area contributed by atoms with Crippen molar-refractivity contribution in [3.8, 4) is 5.75 Å². The van der Waals surface area contributed by atoms with Gasteiger partial charge >= 0.3 is 6.03 Å². The minimum atomic E-state index is -0.175. The van der Waals surface area contributed by atoms with E-state index in [4.69, 9.17) is 9.47 Å². The van der Waals surface area contributed by atoms with Crippen molar-refractivity contribution in [3.63, 3.8) is 0 Å². The van der Waals surface area contributed by atoms with Crippen molar-refractivity contribution in [1.29, 1.82) is 0 Å². The molecule has 2 atom stereocenters. The van der Waals surface area contributed by atoms with Gasteiger partial charge in [-0.15, -0.1) is 0 Å². The lowest BCUT2D eigenvalue weighted by Crippen LogP contribution is -2.46. The van der Waals surface area contributed by atoms with E-state index < -0.39 is 0 Å². The van der Waals surface area contributed by atoms with Crippen molar-refractivity contribution >= 4 is 6.03 Å². The van der Waals surface area contributed by atoms with Crippen LogP contribution in [0.15, 0.2) is 24.3 Å². The molecule has 0 saturated carbocycles. The molecule has 2 amide bonds. The third kappa shape index (κ3) is 5.27. The fourth-order valence-corrected chi connectivity index (χ4v) is 2.39. The lowest BCUT2D eigenvalue weighted by molar-refractivity contribution is 0.0860. The van der Waals surface area contributed by atoms with Crippen molar-refractivity contribution in [1.82, 2.24) is 10.6 Å². The van der Waals surface area contributed by atoms with Gasteiger partial charge in [0, 0.05) is 6.61 Å². The summed E-state index contributed by atoms with van der Waals surface area (Å²) in [5.74, 6) is 0.824. The van der Waals surface area contributed by atoms with Crippen molar-refractivity contribution in [2.24, 2.45) is 0 Å². The quantitative estimate of drug-likeness (QED) is 0.791. The van der Waals surface area contributed by atoms with Crippen LogP contribution in [0.4, 0.5) is 4.79 Å². The highest BCUT2D eigenvalue weighted by Crippen LogP contribution is 2.15. The number of nitrogens with one attached hydrogen (secondary N) is 2. The molecule has 1 heterocycles. The molecule has 1 aliphatic heterocycles. The summed E-state index contributed by atoms with van der Waals surface area (Å²) in [6.45, 7) is 5.70. The molecule has 21 heavy (non-hydrogen) atoms. The van der Waals surface area contributed by atoms with E-state index in [9.17, 15) is 4.79 Å². The standard InChI is InChI=1S/C16H24N2O3/c1-12-5-3-6-14(11-12)20-10-8-17-16(19)18-13(2)15-7-4-9-21-15/h3,5-6,11,13,15H,4,7-10H2,1-2H3,(H2,17,18,19). The fourth-order valence-electron chi connectivity index (χ4n) is 2.39. The number of hydrogen-bond donors (Lipinski definition) is 2. The van der Waals surface area contributed by atoms with Gasteiger partial charge in [0.05, 0.1) is 18.7 Å². The maximum atomic E-state index is 11.7. The topological polar surface area (TPSA) is 59.6 Å². The van der Waals surface area contributed by atoms with Crippen LogP contribution in [0.1, 0.15) is 25.3 Å². The van der Waals surface area contributed by atoms with E-state index in [1.54, 1.807) is 0 Å².